The lowest BCUT2D eigenvalue weighted by Crippen LogP contribution is -2.40. The molecule has 2 heterocycles. The summed E-state index contributed by atoms with van der Waals surface area (Å²) in [6, 6.07) is 11.8. The molecule has 0 N–H and O–H groups in total. The Labute approximate surface area is 171 Å². The van der Waals surface area contributed by atoms with Crippen molar-refractivity contribution in [3.05, 3.63) is 65.0 Å². The number of aromatic nitrogens is 1. The molecule has 1 atom stereocenters. The molecule has 1 aromatic carbocycles. The molecule has 0 radical (unpaired) electrons. The van der Waals surface area contributed by atoms with E-state index in [2.05, 4.69) is 27.9 Å². The van der Waals surface area contributed by atoms with Crippen molar-refractivity contribution in [1.29, 1.82) is 0 Å². The molecule has 158 valence electrons. The SMILES string of the molecule is Cc1cccc(CN(C)CC2CCCN(CCc3cccc(C(F)(F)F)c3)C2)n1. The number of halogens is 3. The summed E-state index contributed by atoms with van der Waals surface area (Å²) in [6.45, 7) is 6.69. The second-order valence-electron chi connectivity index (χ2n) is 8.22. The van der Waals surface area contributed by atoms with Gasteiger partial charge in [0.1, 0.15) is 0 Å². The van der Waals surface area contributed by atoms with Crippen molar-refractivity contribution in [3.8, 4) is 0 Å². The van der Waals surface area contributed by atoms with Gasteiger partial charge in [0.25, 0.3) is 0 Å². The molecular formula is C23H30F3N3. The van der Waals surface area contributed by atoms with Gasteiger partial charge in [-0.15, -0.1) is 0 Å². The first-order valence-corrected chi connectivity index (χ1v) is 10.3. The fourth-order valence-electron chi connectivity index (χ4n) is 4.16. The topological polar surface area (TPSA) is 19.4 Å². The zero-order chi connectivity index (χ0) is 20.9. The van der Waals surface area contributed by atoms with E-state index in [0.717, 1.165) is 62.2 Å². The van der Waals surface area contributed by atoms with Crippen LogP contribution in [0.25, 0.3) is 0 Å². The summed E-state index contributed by atoms with van der Waals surface area (Å²) >= 11 is 0. The molecule has 1 saturated heterocycles. The zero-order valence-electron chi connectivity index (χ0n) is 17.3. The molecule has 0 aliphatic carbocycles. The van der Waals surface area contributed by atoms with Gasteiger partial charge in [0.15, 0.2) is 0 Å². The maximum absolute atomic E-state index is 12.9. The van der Waals surface area contributed by atoms with Gasteiger partial charge in [0.2, 0.25) is 0 Å². The quantitative estimate of drug-likeness (QED) is 0.660. The molecule has 1 aromatic heterocycles. The van der Waals surface area contributed by atoms with Crippen molar-refractivity contribution < 1.29 is 13.2 Å². The van der Waals surface area contributed by atoms with Crippen molar-refractivity contribution in [2.45, 2.75) is 38.9 Å². The number of likely N-dealkylation sites (tertiary alicyclic amines) is 1. The third-order valence-electron chi connectivity index (χ3n) is 5.52. The first-order valence-electron chi connectivity index (χ1n) is 10.3. The van der Waals surface area contributed by atoms with Gasteiger partial charge in [-0.25, -0.2) is 0 Å². The number of piperidine rings is 1. The molecule has 0 spiro atoms. The van der Waals surface area contributed by atoms with E-state index in [1.807, 2.05) is 19.1 Å². The molecule has 1 aliphatic heterocycles. The van der Waals surface area contributed by atoms with Crippen molar-refractivity contribution in [1.82, 2.24) is 14.8 Å². The third-order valence-corrected chi connectivity index (χ3v) is 5.52. The Bertz CT molecular complexity index is 791. The number of nitrogens with zero attached hydrogens (tertiary/aromatic N) is 3. The number of benzene rings is 1. The Morgan fingerprint density at radius 3 is 2.72 bits per heavy atom. The highest BCUT2D eigenvalue weighted by Gasteiger charge is 2.30. The van der Waals surface area contributed by atoms with Gasteiger partial charge in [-0.05, 0) is 69.5 Å². The predicted molar refractivity (Wildman–Crippen MR) is 110 cm³/mol. The molecule has 2 aromatic rings. The van der Waals surface area contributed by atoms with E-state index in [1.54, 1.807) is 6.07 Å². The van der Waals surface area contributed by atoms with Crippen LogP contribution in [0.1, 0.15) is 35.4 Å². The summed E-state index contributed by atoms with van der Waals surface area (Å²) < 4.78 is 38.7. The Morgan fingerprint density at radius 1 is 1.17 bits per heavy atom. The first kappa shape index (κ1) is 21.8. The van der Waals surface area contributed by atoms with Crippen molar-refractivity contribution in [2.75, 3.05) is 33.2 Å². The molecule has 1 fully saturated rings. The summed E-state index contributed by atoms with van der Waals surface area (Å²) in [4.78, 5) is 9.29. The largest absolute Gasteiger partial charge is 0.416 e. The lowest BCUT2D eigenvalue weighted by molar-refractivity contribution is -0.137. The fraction of sp³-hybridized carbons (Fsp3) is 0.522. The van der Waals surface area contributed by atoms with Crippen LogP contribution in [0.2, 0.25) is 0 Å². The van der Waals surface area contributed by atoms with Crippen LogP contribution in [0.3, 0.4) is 0 Å². The number of alkyl halides is 3. The standard InChI is InChI=1S/C23H30F3N3/c1-18-6-3-10-22(27-18)17-28(2)15-20-8-5-12-29(16-20)13-11-19-7-4-9-21(14-19)23(24,25)26/h3-4,6-7,9-10,14,20H,5,8,11-13,15-17H2,1-2H3. The molecule has 0 saturated carbocycles. The second kappa shape index (κ2) is 9.72. The third kappa shape index (κ3) is 6.82. The number of hydrogen-bond donors (Lipinski definition) is 0. The normalized spacial score (nSPS) is 18.3. The lowest BCUT2D eigenvalue weighted by Gasteiger charge is -2.34. The summed E-state index contributed by atoms with van der Waals surface area (Å²) in [7, 11) is 2.13. The Kier molecular flexibility index (Phi) is 7.30. The van der Waals surface area contributed by atoms with Crippen LogP contribution in [0.15, 0.2) is 42.5 Å². The van der Waals surface area contributed by atoms with Gasteiger partial charge in [-0.2, -0.15) is 13.2 Å². The van der Waals surface area contributed by atoms with Crippen LogP contribution >= 0.6 is 0 Å². The van der Waals surface area contributed by atoms with E-state index in [0.29, 0.717) is 12.3 Å². The highest BCUT2D eigenvalue weighted by molar-refractivity contribution is 5.25. The first-order chi connectivity index (χ1) is 13.8. The van der Waals surface area contributed by atoms with E-state index in [4.69, 9.17) is 0 Å². The van der Waals surface area contributed by atoms with Crippen LogP contribution in [-0.2, 0) is 19.1 Å². The van der Waals surface area contributed by atoms with E-state index in [-0.39, 0.29) is 0 Å². The molecule has 29 heavy (non-hydrogen) atoms. The average Bonchev–Trinajstić information content (AvgIpc) is 2.66. The van der Waals surface area contributed by atoms with Gasteiger partial charge in [0, 0.05) is 31.9 Å². The molecule has 3 nitrogen and oxygen atoms in total. The van der Waals surface area contributed by atoms with E-state index in [1.165, 1.54) is 18.6 Å². The number of pyridine rings is 1. The van der Waals surface area contributed by atoms with Crippen LogP contribution < -0.4 is 0 Å². The second-order valence-corrected chi connectivity index (χ2v) is 8.22. The van der Waals surface area contributed by atoms with Crippen LogP contribution in [-0.4, -0.2) is 48.0 Å². The summed E-state index contributed by atoms with van der Waals surface area (Å²) in [5.41, 5.74) is 2.32. The van der Waals surface area contributed by atoms with Gasteiger partial charge in [-0.3, -0.25) is 4.98 Å². The predicted octanol–water partition coefficient (Wildman–Crippen LogP) is 4.80. The Hall–Kier alpha value is -1.92. The molecular weight excluding hydrogens is 375 g/mol. The smallest absolute Gasteiger partial charge is 0.303 e. The van der Waals surface area contributed by atoms with Gasteiger partial charge >= 0.3 is 6.18 Å². The Morgan fingerprint density at radius 2 is 1.97 bits per heavy atom. The Balaban J connectivity index is 1.48. The van der Waals surface area contributed by atoms with Gasteiger partial charge < -0.3 is 9.80 Å². The van der Waals surface area contributed by atoms with Gasteiger partial charge in [-0.1, -0.05) is 24.3 Å². The molecule has 0 bridgehead atoms. The lowest BCUT2D eigenvalue weighted by atomic mass is 9.97. The van der Waals surface area contributed by atoms with E-state index < -0.39 is 11.7 Å². The van der Waals surface area contributed by atoms with Crippen LogP contribution in [0.4, 0.5) is 13.2 Å². The highest BCUT2D eigenvalue weighted by Crippen LogP contribution is 2.29. The van der Waals surface area contributed by atoms with Crippen molar-refractivity contribution in [3.63, 3.8) is 0 Å². The maximum Gasteiger partial charge on any atom is 0.416 e. The molecule has 1 unspecified atom stereocenters. The minimum Gasteiger partial charge on any atom is -0.303 e. The minimum absolute atomic E-state index is 0.557. The van der Waals surface area contributed by atoms with E-state index in [9.17, 15) is 13.2 Å². The monoisotopic (exact) mass is 405 g/mol. The highest BCUT2D eigenvalue weighted by atomic mass is 19.4. The molecule has 0 amide bonds. The summed E-state index contributed by atoms with van der Waals surface area (Å²) in [5, 5.41) is 0. The van der Waals surface area contributed by atoms with Crippen molar-refractivity contribution in [2.24, 2.45) is 5.92 Å². The minimum atomic E-state index is -4.27. The fourth-order valence-corrected chi connectivity index (χ4v) is 4.16. The average molecular weight is 406 g/mol. The van der Waals surface area contributed by atoms with E-state index >= 15 is 0 Å². The van der Waals surface area contributed by atoms with Crippen LogP contribution in [0.5, 0.6) is 0 Å². The number of hydrogen-bond acceptors (Lipinski definition) is 3. The maximum atomic E-state index is 12.9. The molecule has 6 heteroatoms. The van der Waals surface area contributed by atoms with Crippen LogP contribution in [0, 0.1) is 12.8 Å². The molecule has 1 aliphatic rings. The molecule has 3 rings (SSSR count). The van der Waals surface area contributed by atoms with Gasteiger partial charge in [0.05, 0.1) is 11.3 Å². The summed E-state index contributed by atoms with van der Waals surface area (Å²) in [6.07, 6.45) is -1.28. The zero-order valence-corrected chi connectivity index (χ0v) is 17.3. The van der Waals surface area contributed by atoms with Crippen molar-refractivity contribution >= 4 is 0 Å². The number of rotatable bonds is 7. The number of aryl methyl sites for hydroxylation is 1. The summed E-state index contributed by atoms with van der Waals surface area (Å²) in [5.74, 6) is 0.583.